The molecule has 0 radical (unpaired) electrons. The fourth-order valence-corrected chi connectivity index (χ4v) is 15.7. The minimum absolute atomic E-state index is 0.0420. The van der Waals surface area contributed by atoms with E-state index in [4.69, 9.17) is 33.2 Å². The number of aliphatic hydroxyl groups is 9. The first-order valence-electron chi connectivity index (χ1n) is 23.6. The molecule has 9 rings (SSSR count). The molecule has 63 heavy (non-hydrogen) atoms. The normalized spacial score (nSPS) is 57.7. The molecule has 9 fully saturated rings. The number of carbonyl (C=O) groups is 1. The lowest BCUT2D eigenvalue weighted by Gasteiger charge is -2.74. The van der Waals surface area contributed by atoms with Crippen molar-refractivity contribution in [2.75, 3.05) is 33.0 Å². The van der Waals surface area contributed by atoms with Gasteiger partial charge in [0.05, 0.1) is 50.2 Å². The first kappa shape index (κ1) is 47.1. The summed E-state index contributed by atoms with van der Waals surface area (Å²) in [6, 6.07) is 0. The lowest BCUT2D eigenvalue weighted by atomic mass is 9.30. The Kier molecular flexibility index (Phi) is 12.0. The van der Waals surface area contributed by atoms with E-state index in [2.05, 4.69) is 41.5 Å². The van der Waals surface area contributed by atoms with Crippen LogP contribution in [-0.2, 0) is 38.0 Å². The molecule has 23 atom stereocenters. The van der Waals surface area contributed by atoms with Crippen molar-refractivity contribution in [1.29, 1.82) is 0 Å². The van der Waals surface area contributed by atoms with Gasteiger partial charge in [0.15, 0.2) is 18.9 Å². The summed E-state index contributed by atoms with van der Waals surface area (Å²) < 4.78 is 42.6. The molecular formula is C46H74O17. The number of fused-ring (bicyclic) bond motifs is 4. The third kappa shape index (κ3) is 6.71. The maximum Gasteiger partial charge on any atom is 0.187 e. The molecule has 4 heterocycles. The number of hydrogen-bond donors (Lipinski definition) is 9. The lowest BCUT2D eigenvalue weighted by molar-refractivity contribution is -0.378. The minimum Gasteiger partial charge on any atom is -0.396 e. The number of ketones is 1. The summed E-state index contributed by atoms with van der Waals surface area (Å²) in [5, 5.41) is 96.5. The van der Waals surface area contributed by atoms with Crippen molar-refractivity contribution in [2.45, 2.75) is 197 Å². The summed E-state index contributed by atoms with van der Waals surface area (Å²) in [6.45, 7) is 12.9. The molecule has 2 unspecified atom stereocenters. The molecular weight excluding hydrogens is 824 g/mol. The van der Waals surface area contributed by atoms with Crippen LogP contribution in [-0.4, -0.2) is 176 Å². The molecule has 5 aliphatic carbocycles. The van der Waals surface area contributed by atoms with Gasteiger partial charge in [0.25, 0.3) is 0 Å². The smallest absolute Gasteiger partial charge is 0.187 e. The average Bonchev–Trinajstić information content (AvgIpc) is 3.52. The highest BCUT2D eigenvalue weighted by atomic mass is 16.8. The Morgan fingerprint density at radius 2 is 1.35 bits per heavy atom. The topological polar surface area (TPSA) is 264 Å². The maximum atomic E-state index is 14.5. The number of carbonyl (C=O) groups excluding carboxylic acids is 1. The first-order valence-corrected chi connectivity index (χ1v) is 23.6. The van der Waals surface area contributed by atoms with Gasteiger partial charge in [0, 0.05) is 23.2 Å². The second-order valence-electron chi connectivity index (χ2n) is 23.0. The second kappa shape index (κ2) is 16.1. The molecule has 0 aromatic rings. The summed E-state index contributed by atoms with van der Waals surface area (Å²) in [7, 11) is 0. The van der Waals surface area contributed by atoms with Crippen LogP contribution in [0.4, 0.5) is 0 Å². The van der Waals surface area contributed by atoms with Gasteiger partial charge in [-0.2, -0.15) is 0 Å². The zero-order valence-electron chi connectivity index (χ0n) is 37.7. The van der Waals surface area contributed by atoms with E-state index in [1.54, 1.807) is 0 Å². The quantitative estimate of drug-likeness (QED) is 0.148. The molecule has 2 bridgehead atoms. The fraction of sp³-hybridized carbons (Fsp3) is 0.978. The predicted octanol–water partition coefficient (Wildman–Crippen LogP) is 0.284. The molecule has 4 saturated heterocycles. The average molecular weight is 899 g/mol. The Balaban J connectivity index is 0.894. The van der Waals surface area contributed by atoms with E-state index in [1.807, 2.05) is 0 Å². The monoisotopic (exact) mass is 898 g/mol. The van der Waals surface area contributed by atoms with E-state index in [0.29, 0.717) is 25.2 Å². The Morgan fingerprint density at radius 1 is 0.667 bits per heavy atom. The minimum atomic E-state index is -1.77. The van der Waals surface area contributed by atoms with Crippen molar-refractivity contribution in [2.24, 2.45) is 50.2 Å². The molecule has 5 saturated carbocycles. The number of ether oxygens (including phenoxy) is 7. The van der Waals surface area contributed by atoms with Gasteiger partial charge in [0.2, 0.25) is 0 Å². The zero-order valence-corrected chi connectivity index (χ0v) is 37.7. The Bertz CT molecular complexity index is 1720. The van der Waals surface area contributed by atoms with Gasteiger partial charge in [-0.1, -0.05) is 41.5 Å². The van der Waals surface area contributed by atoms with E-state index in [1.165, 1.54) is 0 Å². The van der Waals surface area contributed by atoms with E-state index in [0.717, 1.165) is 51.4 Å². The van der Waals surface area contributed by atoms with Crippen LogP contribution in [0.2, 0.25) is 0 Å². The van der Waals surface area contributed by atoms with Gasteiger partial charge < -0.3 is 79.1 Å². The molecule has 0 aromatic heterocycles. The second-order valence-corrected chi connectivity index (χ2v) is 23.0. The first-order chi connectivity index (χ1) is 29.6. The van der Waals surface area contributed by atoms with Crippen molar-refractivity contribution < 1.29 is 83.9 Å². The van der Waals surface area contributed by atoms with Crippen LogP contribution in [0.1, 0.15) is 106 Å². The number of hydrogen-bond acceptors (Lipinski definition) is 17. The van der Waals surface area contributed by atoms with E-state index < -0.39 is 105 Å². The fourth-order valence-electron chi connectivity index (χ4n) is 15.7. The van der Waals surface area contributed by atoms with Crippen LogP contribution in [0.15, 0.2) is 0 Å². The van der Waals surface area contributed by atoms with E-state index in [-0.39, 0.29) is 63.6 Å². The van der Waals surface area contributed by atoms with Crippen molar-refractivity contribution in [3.63, 3.8) is 0 Å². The predicted molar refractivity (Wildman–Crippen MR) is 218 cm³/mol. The van der Waals surface area contributed by atoms with Crippen molar-refractivity contribution in [3.05, 3.63) is 0 Å². The number of Topliss-reactive ketones (excluding diaryl/α,β-unsaturated/α-hetero) is 1. The van der Waals surface area contributed by atoms with Crippen molar-refractivity contribution in [1.82, 2.24) is 0 Å². The van der Waals surface area contributed by atoms with Gasteiger partial charge in [0.1, 0.15) is 66.8 Å². The van der Waals surface area contributed by atoms with Crippen LogP contribution in [0.3, 0.4) is 0 Å². The molecule has 9 N–H and O–H groups in total. The summed E-state index contributed by atoms with van der Waals surface area (Å²) >= 11 is 0. The van der Waals surface area contributed by atoms with Crippen LogP contribution in [0.5, 0.6) is 0 Å². The Hall–Kier alpha value is -0.970. The lowest BCUT2D eigenvalue weighted by Crippen LogP contribution is -2.73. The third-order valence-electron chi connectivity index (χ3n) is 19.6. The highest BCUT2D eigenvalue weighted by molar-refractivity contribution is 5.88. The Morgan fingerprint density at radius 3 is 2.06 bits per heavy atom. The largest absolute Gasteiger partial charge is 0.396 e. The van der Waals surface area contributed by atoms with Crippen molar-refractivity contribution in [3.8, 4) is 0 Å². The molecule has 1 spiro atoms. The standard InChI is InChI=1S/C46H74O17/c1-40(2)13-14-45-21-59-46(27(45)15-40)12-8-26-41(3)10-9-29(42(4,20-48)25(41)7-11-43(26,5)44(46,6)16-28(45)50)62-37-35(56)32(53)24(19-58-37)61-39-36(33(54)31(52)23(17-47)60-39)63-38-34(55)30(51)22(49)18-57-38/h22-27,29-39,47-49,51-56H,7-21H2,1-6H3/t22-,23-,24+,25?,26?,27-,29+,30+,31-,32+,33+,34-,35-,36-,37+,38+,39+,41+,42+,43-,44+,45-,46+/m1/s1. The highest BCUT2D eigenvalue weighted by Crippen LogP contribution is 2.80. The molecule has 4 aliphatic heterocycles. The third-order valence-corrected chi connectivity index (χ3v) is 19.6. The molecule has 0 amide bonds. The Labute approximate surface area is 369 Å². The molecule has 360 valence electrons. The van der Waals surface area contributed by atoms with Crippen LogP contribution >= 0.6 is 0 Å². The summed E-state index contributed by atoms with van der Waals surface area (Å²) in [5.41, 5.74) is -2.01. The van der Waals surface area contributed by atoms with Gasteiger partial charge in [-0.05, 0) is 85.9 Å². The number of aliphatic hydroxyl groups excluding tert-OH is 9. The molecule has 0 aromatic carbocycles. The summed E-state index contributed by atoms with van der Waals surface area (Å²) in [4.78, 5) is 14.5. The van der Waals surface area contributed by atoms with Crippen LogP contribution < -0.4 is 0 Å². The zero-order chi connectivity index (χ0) is 45.4. The number of rotatable bonds is 8. The van der Waals surface area contributed by atoms with Gasteiger partial charge in [-0.3, -0.25) is 4.79 Å². The summed E-state index contributed by atoms with van der Waals surface area (Å²) in [5.74, 6) is 0.927. The van der Waals surface area contributed by atoms with Gasteiger partial charge in [-0.15, -0.1) is 0 Å². The maximum absolute atomic E-state index is 14.5. The summed E-state index contributed by atoms with van der Waals surface area (Å²) in [6.07, 6.45) is -12.3. The van der Waals surface area contributed by atoms with E-state index in [9.17, 15) is 50.8 Å². The SMILES string of the molecule is CC1(C)CC[C@]23CO[C@@]4(CCC5[C@@]6(C)CC[C@H](O[C@@H]7OC[C@H](O[C@@H]8O[C@H](CO)[C@@H](O)[C@H](O)[C@H]8O[C@@H]8OC[C@@H](O)[C@H](O)[C@H]8O)[C@H](O)[C@H]7O)[C@@](C)(CO)C6CC[C@@]5(C)[C@]4(C)CC2=O)[C@@H]3C1. The molecule has 17 nitrogen and oxygen atoms in total. The van der Waals surface area contributed by atoms with E-state index >= 15 is 0 Å². The van der Waals surface area contributed by atoms with Gasteiger partial charge in [-0.25, -0.2) is 0 Å². The molecule has 9 aliphatic rings. The molecule has 17 heteroatoms. The van der Waals surface area contributed by atoms with Crippen LogP contribution in [0, 0.1) is 50.2 Å². The highest BCUT2D eigenvalue weighted by Gasteiger charge is 2.80. The van der Waals surface area contributed by atoms with Crippen molar-refractivity contribution >= 4 is 5.78 Å². The van der Waals surface area contributed by atoms with Gasteiger partial charge >= 0.3 is 0 Å². The van der Waals surface area contributed by atoms with Crippen LogP contribution in [0.25, 0.3) is 0 Å².